The maximum atomic E-state index is 11.3. The summed E-state index contributed by atoms with van der Waals surface area (Å²) in [5.74, 6) is -0.507. The fourth-order valence-electron chi connectivity index (χ4n) is 1.39. The number of carbonyl (C=O) groups excluding carboxylic acids is 2. The zero-order valence-electron chi connectivity index (χ0n) is 11.9. The number of rotatable bonds is 6. The Morgan fingerprint density at radius 1 is 1.24 bits per heavy atom. The van der Waals surface area contributed by atoms with Crippen LogP contribution in [0.4, 0.5) is 0 Å². The number of amides is 2. The Balaban J connectivity index is 2.63. The van der Waals surface area contributed by atoms with Crippen molar-refractivity contribution in [3.63, 3.8) is 0 Å². The molecule has 21 heavy (non-hydrogen) atoms. The number of nitrogens with one attached hydrogen (secondary N) is 2. The highest BCUT2D eigenvalue weighted by Crippen LogP contribution is 2.26. The zero-order chi connectivity index (χ0) is 15.7. The van der Waals surface area contributed by atoms with Crippen LogP contribution in [0.5, 0.6) is 11.5 Å². The van der Waals surface area contributed by atoms with Gasteiger partial charge in [0.05, 0.1) is 20.4 Å². The molecule has 112 valence electrons. The van der Waals surface area contributed by atoms with Crippen LogP contribution in [0, 0.1) is 0 Å². The second-order valence-corrected chi connectivity index (χ2v) is 3.81. The molecule has 0 bridgehead atoms. The van der Waals surface area contributed by atoms with E-state index in [9.17, 15) is 9.59 Å². The molecule has 7 heteroatoms. The summed E-state index contributed by atoms with van der Waals surface area (Å²) in [4.78, 5) is 22.6. The van der Waals surface area contributed by atoms with Gasteiger partial charge < -0.3 is 14.8 Å². The molecule has 0 aliphatic carbocycles. The summed E-state index contributed by atoms with van der Waals surface area (Å²) in [6.45, 7) is 3.64. The van der Waals surface area contributed by atoms with Crippen molar-refractivity contribution in [2.75, 3.05) is 20.8 Å². The van der Waals surface area contributed by atoms with Crippen LogP contribution in [-0.4, -0.2) is 38.8 Å². The Labute approximate surface area is 122 Å². The Hall–Kier alpha value is -2.83. The van der Waals surface area contributed by atoms with E-state index in [0.29, 0.717) is 17.1 Å². The van der Waals surface area contributed by atoms with Crippen molar-refractivity contribution in [1.82, 2.24) is 10.7 Å². The first kappa shape index (κ1) is 16.2. The van der Waals surface area contributed by atoms with Crippen LogP contribution >= 0.6 is 0 Å². The summed E-state index contributed by atoms with van der Waals surface area (Å²) in [5.41, 5.74) is 2.80. The standard InChI is InChI=1S/C14H17N3O4/c1-4-7-15-13(18)14(19)17-16-9-10-5-6-11(20-2)12(8-10)21-3/h4-6,8-9H,1,7H2,2-3H3,(H,15,18)(H,17,19)/b16-9-. The summed E-state index contributed by atoms with van der Waals surface area (Å²) >= 11 is 0. The molecule has 0 aliphatic rings. The van der Waals surface area contributed by atoms with Crippen LogP contribution in [-0.2, 0) is 9.59 Å². The second-order valence-electron chi connectivity index (χ2n) is 3.81. The number of ether oxygens (including phenoxy) is 2. The lowest BCUT2D eigenvalue weighted by Crippen LogP contribution is -2.37. The van der Waals surface area contributed by atoms with E-state index >= 15 is 0 Å². The number of methoxy groups -OCH3 is 2. The topological polar surface area (TPSA) is 89.0 Å². The molecule has 2 amide bonds. The van der Waals surface area contributed by atoms with E-state index in [1.54, 1.807) is 18.2 Å². The van der Waals surface area contributed by atoms with E-state index in [1.807, 2.05) is 0 Å². The van der Waals surface area contributed by atoms with Crippen LogP contribution < -0.4 is 20.2 Å². The Bertz CT molecular complexity index is 555. The van der Waals surface area contributed by atoms with Gasteiger partial charge in [-0.2, -0.15) is 5.10 Å². The number of carbonyl (C=O) groups is 2. The molecule has 7 nitrogen and oxygen atoms in total. The lowest BCUT2D eigenvalue weighted by molar-refractivity contribution is -0.139. The predicted octanol–water partition coefficient (Wildman–Crippen LogP) is 0.456. The predicted molar refractivity (Wildman–Crippen MR) is 78.5 cm³/mol. The van der Waals surface area contributed by atoms with E-state index in [2.05, 4.69) is 22.4 Å². The summed E-state index contributed by atoms with van der Waals surface area (Å²) in [7, 11) is 3.05. The molecule has 0 atom stereocenters. The SMILES string of the molecule is C=CCNC(=O)C(=O)N/N=C\c1ccc(OC)c(OC)c1. The first-order valence-electron chi connectivity index (χ1n) is 6.06. The molecule has 2 N–H and O–H groups in total. The maximum absolute atomic E-state index is 11.3. The molecule has 0 fully saturated rings. The van der Waals surface area contributed by atoms with Crippen molar-refractivity contribution >= 4 is 18.0 Å². The minimum atomic E-state index is -0.853. The van der Waals surface area contributed by atoms with Gasteiger partial charge in [0, 0.05) is 6.54 Å². The largest absolute Gasteiger partial charge is 0.493 e. The molecular formula is C14H17N3O4. The molecule has 0 unspecified atom stereocenters. The first-order valence-corrected chi connectivity index (χ1v) is 6.06. The molecule has 0 spiro atoms. The van der Waals surface area contributed by atoms with Gasteiger partial charge in [0.2, 0.25) is 0 Å². The quantitative estimate of drug-likeness (QED) is 0.345. The average molecular weight is 291 g/mol. The molecule has 0 aromatic heterocycles. The van der Waals surface area contributed by atoms with Crippen molar-refractivity contribution < 1.29 is 19.1 Å². The average Bonchev–Trinajstić information content (AvgIpc) is 2.52. The van der Waals surface area contributed by atoms with Gasteiger partial charge in [-0.1, -0.05) is 6.08 Å². The van der Waals surface area contributed by atoms with Crippen LogP contribution in [0.1, 0.15) is 5.56 Å². The molecule has 0 saturated carbocycles. The molecule has 0 aliphatic heterocycles. The fourth-order valence-corrected chi connectivity index (χ4v) is 1.39. The number of hydrazone groups is 1. The molecule has 1 aromatic rings. The van der Waals surface area contributed by atoms with Gasteiger partial charge in [0.15, 0.2) is 11.5 Å². The first-order chi connectivity index (χ1) is 10.1. The number of hydrogen-bond acceptors (Lipinski definition) is 5. The lowest BCUT2D eigenvalue weighted by Gasteiger charge is -2.07. The highest BCUT2D eigenvalue weighted by atomic mass is 16.5. The molecule has 1 rings (SSSR count). The van der Waals surface area contributed by atoms with Gasteiger partial charge >= 0.3 is 11.8 Å². The third kappa shape index (κ3) is 4.98. The van der Waals surface area contributed by atoms with Crippen LogP contribution in [0.3, 0.4) is 0 Å². The monoisotopic (exact) mass is 291 g/mol. The second kappa shape index (κ2) is 8.36. The van der Waals surface area contributed by atoms with Gasteiger partial charge in [0.25, 0.3) is 0 Å². The van der Waals surface area contributed by atoms with Crippen LogP contribution in [0.2, 0.25) is 0 Å². The summed E-state index contributed by atoms with van der Waals surface area (Å²) in [6.07, 6.45) is 2.86. The van der Waals surface area contributed by atoms with Crippen LogP contribution in [0.25, 0.3) is 0 Å². The van der Waals surface area contributed by atoms with E-state index in [-0.39, 0.29) is 6.54 Å². The van der Waals surface area contributed by atoms with Crippen molar-refractivity contribution in [2.24, 2.45) is 5.10 Å². The van der Waals surface area contributed by atoms with Gasteiger partial charge in [-0.25, -0.2) is 5.43 Å². The molecule has 0 heterocycles. The normalized spacial score (nSPS) is 10.0. The molecule has 0 radical (unpaired) electrons. The van der Waals surface area contributed by atoms with E-state index in [0.717, 1.165) is 0 Å². The third-order valence-corrected chi connectivity index (χ3v) is 2.40. The summed E-state index contributed by atoms with van der Waals surface area (Å²) in [5, 5.41) is 6.03. The van der Waals surface area contributed by atoms with Gasteiger partial charge in [-0.05, 0) is 23.8 Å². The van der Waals surface area contributed by atoms with Crippen LogP contribution in [0.15, 0.2) is 36.0 Å². The highest BCUT2D eigenvalue weighted by Gasteiger charge is 2.10. The van der Waals surface area contributed by atoms with Crippen molar-refractivity contribution in [3.8, 4) is 11.5 Å². The summed E-state index contributed by atoms with van der Waals surface area (Å²) in [6, 6.07) is 5.12. The Morgan fingerprint density at radius 2 is 1.95 bits per heavy atom. The highest BCUT2D eigenvalue weighted by molar-refractivity contribution is 6.35. The number of benzene rings is 1. The Morgan fingerprint density at radius 3 is 2.57 bits per heavy atom. The van der Waals surface area contributed by atoms with Crippen molar-refractivity contribution in [2.45, 2.75) is 0 Å². The smallest absolute Gasteiger partial charge is 0.329 e. The molecule has 1 aromatic carbocycles. The van der Waals surface area contributed by atoms with E-state index < -0.39 is 11.8 Å². The summed E-state index contributed by atoms with van der Waals surface area (Å²) < 4.78 is 10.2. The minimum absolute atomic E-state index is 0.214. The lowest BCUT2D eigenvalue weighted by atomic mass is 10.2. The Kier molecular flexibility index (Phi) is 6.46. The van der Waals surface area contributed by atoms with Gasteiger partial charge in [-0.15, -0.1) is 6.58 Å². The fraction of sp³-hybridized carbons (Fsp3) is 0.214. The van der Waals surface area contributed by atoms with Gasteiger partial charge in [0.1, 0.15) is 0 Å². The van der Waals surface area contributed by atoms with Crippen molar-refractivity contribution in [1.29, 1.82) is 0 Å². The zero-order valence-corrected chi connectivity index (χ0v) is 11.9. The third-order valence-electron chi connectivity index (χ3n) is 2.40. The van der Waals surface area contributed by atoms with Gasteiger partial charge in [-0.3, -0.25) is 9.59 Å². The molecule has 0 saturated heterocycles. The van der Waals surface area contributed by atoms with E-state index in [4.69, 9.17) is 9.47 Å². The number of hydrogen-bond donors (Lipinski definition) is 2. The minimum Gasteiger partial charge on any atom is -0.493 e. The molecular weight excluding hydrogens is 274 g/mol. The van der Waals surface area contributed by atoms with E-state index in [1.165, 1.54) is 26.5 Å². The van der Waals surface area contributed by atoms with Crippen molar-refractivity contribution in [3.05, 3.63) is 36.4 Å². The number of nitrogens with zero attached hydrogens (tertiary/aromatic N) is 1. The maximum Gasteiger partial charge on any atom is 0.329 e.